The molecule has 0 fully saturated rings. The quantitative estimate of drug-likeness (QED) is 0.648. The zero-order valence-electron chi connectivity index (χ0n) is 8.21. The third kappa shape index (κ3) is 2.60. The minimum atomic E-state index is -1.23. The van der Waals surface area contributed by atoms with Crippen LogP contribution in [0, 0.1) is 10.1 Å². The van der Waals surface area contributed by atoms with E-state index in [1.54, 1.807) is 0 Å². The number of nitro groups is 1. The van der Waals surface area contributed by atoms with E-state index in [9.17, 15) is 14.9 Å². The number of ether oxygens (including phenoxy) is 1. The lowest BCUT2D eigenvalue weighted by Gasteiger charge is -2.11. The van der Waals surface area contributed by atoms with Crippen LogP contribution in [-0.4, -0.2) is 22.1 Å². The van der Waals surface area contributed by atoms with Crippen LogP contribution in [-0.2, 0) is 4.79 Å². The molecule has 16 heavy (non-hydrogen) atoms. The van der Waals surface area contributed by atoms with E-state index in [2.05, 4.69) is 0 Å². The highest BCUT2D eigenvalue weighted by molar-refractivity contribution is 6.32. The lowest BCUT2D eigenvalue weighted by atomic mass is 10.3. The molecule has 0 aliphatic rings. The molecule has 0 spiro atoms. The molecule has 1 atom stereocenters. The van der Waals surface area contributed by atoms with Crippen molar-refractivity contribution in [2.45, 2.75) is 13.0 Å². The Morgan fingerprint density at radius 1 is 1.62 bits per heavy atom. The molecular weight excluding hydrogens is 238 g/mol. The van der Waals surface area contributed by atoms with Crippen LogP contribution in [0.3, 0.4) is 0 Å². The van der Waals surface area contributed by atoms with Gasteiger partial charge in [0, 0.05) is 6.07 Å². The minimum Gasteiger partial charge on any atom is -0.479 e. The molecule has 0 bridgehead atoms. The van der Waals surface area contributed by atoms with Gasteiger partial charge in [-0.3, -0.25) is 10.1 Å². The van der Waals surface area contributed by atoms with Crippen LogP contribution in [0.4, 0.5) is 5.69 Å². The summed E-state index contributed by atoms with van der Waals surface area (Å²) < 4.78 is 4.93. The van der Waals surface area contributed by atoms with Crippen molar-refractivity contribution >= 4 is 23.3 Å². The first-order chi connectivity index (χ1) is 7.43. The third-order valence-electron chi connectivity index (χ3n) is 1.79. The molecule has 0 aromatic heterocycles. The van der Waals surface area contributed by atoms with Crippen molar-refractivity contribution in [3.8, 4) is 5.75 Å². The van der Waals surface area contributed by atoms with E-state index in [0.29, 0.717) is 0 Å². The van der Waals surface area contributed by atoms with E-state index in [-0.39, 0.29) is 16.5 Å². The number of halogens is 1. The molecule has 0 amide bonds. The average Bonchev–Trinajstić information content (AvgIpc) is 2.20. The molecule has 86 valence electrons. The number of para-hydroxylation sites is 1. The molecule has 7 heteroatoms. The van der Waals surface area contributed by atoms with Gasteiger partial charge in [-0.2, -0.15) is 0 Å². The van der Waals surface area contributed by atoms with Crippen molar-refractivity contribution in [2.75, 3.05) is 0 Å². The van der Waals surface area contributed by atoms with Crippen molar-refractivity contribution in [2.24, 2.45) is 0 Å². The average molecular weight is 246 g/mol. The zero-order valence-corrected chi connectivity index (χ0v) is 8.97. The van der Waals surface area contributed by atoms with Gasteiger partial charge in [0.1, 0.15) is 0 Å². The number of carbonyl (C=O) groups is 1. The van der Waals surface area contributed by atoms with Crippen LogP contribution in [0.25, 0.3) is 0 Å². The molecule has 1 N–H and O–H groups in total. The number of carboxylic acids is 1. The molecule has 0 saturated carbocycles. The van der Waals surface area contributed by atoms with Crippen molar-refractivity contribution in [1.29, 1.82) is 0 Å². The smallest absolute Gasteiger partial charge is 0.344 e. The van der Waals surface area contributed by atoms with Crippen molar-refractivity contribution in [3.63, 3.8) is 0 Å². The van der Waals surface area contributed by atoms with E-state index in [4.69, 9.17) is 21.4 Å². The summed E-state index contributed by atoms with van der Waals surface area (Å²) in [6, 6.07) is 3.97. The summed E-state index contributed by atoms with van der Waals surface area (Å²) in [6.07, 6.45) is -1.21. The lowest BCUT2D eigenvalue weighted by molar-refractivity contribution is -0.386. The Bertz CT molecular complexity index is 434. The highest BCUT2D eigenvalue weighted by atomic mass is 35.5. The Balaban J connectivity index is 3.11. The summed E-state index contributed by atoms with van der Waals surface area (Å²) in [5, 5.41) is 19.3. The summed E-state index contributed by atoms with van der Waals surface area (Å²) in [4.78, 5) is 20.5. The Morgan fingerprint density at radius 2 is 2.25 bits per heavy atom. The van der Waals surface area contributed by atoms with Gasteiger partial charge in [-0.1, -0.05) is 17.7 Å². The minimum absolute atomic E-state index is 0.00213. The first kappa shape index (κ1) is 12.3. The summed E-state index contributed by atoms with van der Waals surface area (Å²) in [6.45, 7) is 1.26. The number of hydrogen-bond donors (Lipinski definition) is 1. The largest absolute Gasteiger partial charge is 0.479 e. The van der Waals surface area contributed by atoms with Gasteiger partial charge in [-0.25, -0.2) is 4.79 Å². The fourth-order valence-electron chi connectivity index (χ4n) is 0.985. The monoisotopic (exact) mass is 245 g/mol. The maximum absolute atomic E-state index is 10.6. The SMILES string of the molecule is C[C@H](Oc1c(Cl)cccc1[N+](=O)[O-])C(=O)O. The number of nitrogens with zero attached hydrogens (tertiary/aromatic N) is 1. The molecule has 0 unspecified atom stereocenters. The maximum atomic E-state index is 10.6. The highest BCUT2D eigenvalue weighted by Gasteiger charge is 2.22. The van der Waals surface area contributed by atoms with Crippen LogP contribution in [0.15, 0.2) is 18.2 Å². The van der Waals surface area contributed by atoms with Crippen LogP contribution in [0.2, 0.25) is 5.02 Å². The molecule has 0 heterocycles. The van der Waals surface area contributed by atoms with Crippen LogP contribution >= 0.6 is 11.6 Å². The number of hydrogen-bond acceptors (Lipinski definition) is 4. The van der Waals surface area contributed by atoms with Crippen molar-refractivity contribution < 1.29 is 19.6 Å². The van der Waals surface area contributed by atoms with Gasteiger partial charge >= 0.3 is 11.7 Å². The first-order valence-electron chi connectivity index (χ1n) is 4.26. The summed E-state index contributed by atoms with van der Waals surface area (Å²) >= 11 is 5.70. The highest BCUT2D eigenvalue weighted by Crippen LogP contribution is 2.34. The van der Waals surface area contributed by atoms with Crippen LogP contribution in [0.5, 0.6) is 5.75 Å². The zero-order chi connectivity index (χ0) is 12.3. The Hall–Kier alpha value is -1.82. The molecule has 1 rings (SSSR count). The molecule has 1 aromatic rings. The number of aliphatic carboxylic acids is 1. The van der Waals surface area contributed by atoms with E-state index >= 15 is 0 Å². The number of rotatable bonds is 4. The van der Waals surface area contributed by atoms with E-state index in [1.807, 2.05) is 0 Å². The Kier molecular flexibility index (Phi) is 3.68. The number of nitro benzene ring substituents is 1. The molecule has 0 saturated heterocycles. The van der Waals surface area contributed by atoms with Crippen molar-refractivity contribution in [1.82, 2.24) is 0 Å². The summed E-state index contributed by atoms with van der Waals surface area (Å²) in [5.74, 6) is -1.46. The van der Waals surface area contributed by atoms with Gasteiger partial charge in [0.25, 0.3) is 0 Å². The maximum Gasteiger partial charge on any atom is 0.344 e. The third-order valence-corrected chi connectivity index (χ3v) is 2.08. The predicted molar refractivity (Wildman–Crippen MR) is 55.8 cm³/mol. The fraction of sp³-hybridized carbons (Fsp3) is 0.222. The Morgan fingerprint density at radius 3 is 2.75 bits per heavy atom. The van der Waals surface area contributed by atoms with Gasteiger partial charge in [-0.15, -0.1) is 0 Å². The number of benzene rings is 1. The van der Waals surface area contributed by atoms with Gasteiger partial charge in [0.05, 0.1) is 9.95 Å². The van der Waals surface area contributed by atoms with Gasteiger partial charge in [0.15, 0.2) is 6.10 Å². The van der Waals surface area contributed by atoms with E-state index < -0.39 is 17.0 Å². The van der Waals surface area contributed by atoms with Crippen LogP contribution < -0.4 is 4.74 Å². The second-order valence-corrected chi connectivity index (χ2v) is 3.35. The lowest BCUT2D eigenvalue weighted by Crippen LogP contribution is -2.23. The van der Waals surface area contributed by atoms with E-state index in [0.717, 1.165) is 0 Å². The normalized spacial score (nSPS) is 11.9. The van der Waals surface area contributed by atoms with Gasteiger partial charge in [-0.05, 0) is 13.0 Å². The second-order valence-electron chi connectivity index (χ2n) is 2.94. The molecular formula is C9H8ClNO5. The van der Waals surface area contributed by atoms with Gasteiger partial charge < -0.3 is 9.84 Å². The first-order valence-corrected chi connectivity index (χ1v) is 4.63. The predicted octanol–water partition coefficient (Wildman–Crippen LogP) is 2.10. The summed E-state index contributed by atoms with van der Waals surface area (Å²) in [5.41, 5.74) is -0.361. The van der Waals surface area contributed by atoms with Gasteiger partial charge in [0.2, 0.25) is 5.75 Å². The molecule has 1 aromatic carbocycles. The topological polar surface area (TPSA) is 89.7 Å². The van der Waals surface area contributed by atoms with E-state index in [1.165, 1.54) is 25.1 Å². The molecule has 0 radical (unpaired) electrons. The molecule has 0 aliphatic heterocycles. The fourth-order valence-corrected chi connectivity index (χ4v) is 1.20. The Labute approximate surface area is 95.6 Å². The number of carboxylic acid groups (broad SMARTS) is 1. The molecule has 0 aliphatic carbocycles. The standard InChI is InChI=1S/C9H8ClNO5/c1-5(9(12)13)16-8-6(10)3-2-4-7(8)11(14)15/h2-5H,1H3,(H,12,13)/t5-/m0/s1. The van der Waals surface area contributed by atoms with Crippen LogP contribution in [0.1, 0.15) is 6.92 Å². The van der Waals surface area contributed by atoms with Crippen molar-refractivity contribution in [3.05, 3.63) is 33.3 Å². The summed E-state index contributed by atoms with van der Waals surface area (Å²) in [7, 11) is 0. The second kappa shape index (κ2) is 4.80. The molecule has 6 nitrogen and oxygen atoms in total.